The van der Waals surface area contributed by atoms with Crippen LogP contribution in [-0.4, -0.2) is 42.0 Å². The number of likely N-dealkylation sites (tertiary alicyclic amines) is 1. The number of aromatic nitrogens is 1. The first-order valence-corrected chi connectivity index (χ1v) is 10.4. The van der Waals surface area contributed by atoms with Crippen molar-refractivity contribution in [3.8, 4) is 0 Å². The highest BCUT2D eigenvalue weighted by Crippen LogP contribution is 2.16. The van der Waals surface area contributed by atoms with E-state index in [0.717, 1.165) is 50.5 Å². The second-order valence-corrected chi connectivity index (χ2v) is 7.59. The molecule has 0 bridgehead atoms. The van der Waals surface area contributed by atoms with E-state index >= 15 is 0 Å². The summed E-state index contributed by atoms with van der Waals surface area (Å²) in [6, 6.07) is 21.5. The number of nitrogens with zero attached hydrogens (tertiary/aromatic N) is 3. The minimum absolute atomic E-state index is 0. The number of piperidine rings is 1. The normalized spacial score (nSPS) is 15.6. The Labute approximate surface area is 196 Å². The lowest BCUT2D eigenvalue weighted by Crippen LogP contribution is -2.48. The molecule has 158 valence electrons. The summed E-state index contributed by atoms with van der Waals surface area (Å²) < 4.78 is 0. The van der Waals surface area contributed by atoms with Crippen molar-refractivity contribution in [3.05, 3.63) is 78.0 Å². The molecule has 2 heterocycles. The number of rotatable bonds is 5. The third-order valence-electron chi connectivity index (χ3n) is 5.59. The minimum atomic E-state index is 0. The largest absolute Gasteiger partial charge is 0.354 e. The molecule has 0 saturated carbocycles. The molecule has 2 aromatic carbocycles. The SMILES string of the molecule is CN=C(NCc1ccnc2ccccc12)NC1CCN(Cc2ccccc2)CC1.I. The van der Waals surface area contributed by atoms with Gasteiger partial charge in [0.1, 0.15) is 0 Å². The lowest BCUT2D eigenvalue weighted by atomic mass is 10.0. The quantitative estimate of drug-likeness (QED) is 0.304. The second kappa shape index (κ2) is 11.3. The molecule has 6 heteroatoms. The Morgan fingerprint density at radius 1 is 1.03 bits per heavy atom. The van der Waals surface area contributed by atoms with Gasteiger partial charge in [-0.05, 0) is 36.1 Å². The first-order valence-electron chi connectivity index (χ1n) is 10.4. The third kappa shape index (κ3) is 5.92. The Morgan fingerprint density at radius 3 is 2.53 bits per heavy atom. The summed E-state index contributed by atoms with van der Waals surface area (Å²) in [5, 5.41) is 8.27. The van der Waals surface area contributed by atoms with Crippen molar-refractivity contribution in [1.82, 2.24) is 20.5 Å². The van der Waals surface area contributed by atoms with Gasteiger partial charge in [-0.1, -0.05) is 48.5 Å². The molecule has 1 aliphatic heterocycles. The van der Waals surface area contributed by atoms with Gasteiger partial charge in [0.25, 0.3) is 0 Å². The Hall–Kier alpha value is -2.19. The third-order valence-corrected chi connectivity index (χ3v) is 5.59. The van der Waals surface area contributed by atoms with Crippen molar-refractivity contribution in [3.63, 3.8) is 0 Å². The number of benzene rings is 2. The first-order chi connectivity index (χ1) is 14.3. The van der Waals surface area contributed by atoms with Gasteiger partial charge in [-0.15, -0.1) is 24.0 Å². The van der Waals surface area contributed by atoms with E-state index in [-0.39, 0.29) is 24.0 Å². The molecule has 4 rings (SSSR count). The van der Waals surface area contributed by atoms with Crippen LogP contribution in [0.4, 0.5) is 0 Å². The molecule has 1 aromatic heterocycles. The number of nitrogens with one attached hydrogen (secondary N) is 2. The molecule has 2 N–H and O–H groups in total. The smallest absolute Gasteiger partial charge is 0.191 e. The van der Waals surface area contributed by atoms with Gasteiger partial charge in [0.05, 0.1) is 5.52 Å². The number of guanidine groups is 1. The molecule has 0 spiro atoms. The fourth-order valence-corrected chi connectivity index (χ4v) is 3.95. The molecule has 5 nitrogen and oxygen atoms in total. The van der Waals surface area contributed by atoms with Crippen molar-refractivity contribution in [1.29, 1.82) is 0 Å². The van der Waals surface area contributed by atoms with Crippen molar-refractivity contribution in [2.45, 2.75) is 32.0 Å². The standard InChI is InChI=1S/C24H29N5.HI/c1-25-24(27-17-20-11-14-26-23-10-6-5-9-22(20)23)28-21-12-15-29(16-13-21)18-19-7-3-2-4-8-19;/h2-11,14,21H,12-13,15-18H2,1H3,(H2,25,27,28);1H. The van der Waals surface area contributed by atoms with Gasteiger partial charge in [0, 0.05) is 50.9 Å². The highest BCUT2D eigenvalue weighted by atomic mass is 127. The van der Waals surface area contributed by atoms with Crippen LogP contribution in [0.3, 0.4) is 0 Å². The van der Waals surface area contributed by atoms with Gasteiger partial charge in [-0.25, -0.2) is 0 Å². The van der Waals surface area contributed by atoms with Gasteiger partial charge in [0.15, 0.2) is 5.96 Å². The maximum absolute atomic E-state index is 4.44. The summed E-state index contributed by atoms with van der Waals surface area (Å²) in [5.41, 5.74) is 3.65. The molecule has 1 fully saturated rings. The zero-order valence-corrected chi connectivity index (χ0v) is 19.8. The zero-order valence-electron chi connectivity index (χ0n) is 17.4. The Bertz CT molecular complexity index is 947. The van der Waals surface area contributed by atoms with Gasteiger partial charge < -0.3 is 10.6 Å². The van der Waals surface area contributed by atoms with E-state index in [4.69, 9.17) is 0 Å². The lowest BCUT2D eigenvalue weighted by molar-refractivity contribution is 0.198. The number of hydrogen-bond acceptors (Lipinski definition) is 3. The minimum Gasteiger partial charge on any atom is -0.354 e. The van der Waals surface area contributed by atoms with Gasteiger partial charge >= 0.3 is 0 Å². The van der Waals surface area contributed by atoms with Crippen molar-refractivity contribution in [2.24, 2.45) is 4.99 Å². The van der Waals surface area contributed by atoms with E-state index in [2.05, 4.69) is 80.1 Å². The number of hydrogen-bond donors (Lipinski definition) is 2. The number of para-hydroxylation sites is 1. The summed E-state index contributed by atoms with van der Waals surface area (Å²) in [5.74, 6) is 0.868. The molecular weight excluding hydrogens is 485 g/mol. The Balaban J connectivity index is 0.00000256. The van der Waals surface area contributed by atoms with Crippen LogP contribution in [0.25, 0.3) is 10.9 Å². The van der Waals surface area contributed by atoms with Crippen LogP contribution >= 0.6 is 24.0 Å². The van der Waals surface area contributed by atoms with Crippen LogP contribution in [0.1, 0.15) is 24.0 Å². The summed E-state index contributed by atoms with van der Waals surface area (Å²) in [6.07, 6.45) is 4.13. The van der Waals surface area contributed by atoms with Crippen LogP contribution in [0.2, 0.25) is 0 Å². The number of halogens is 1. The van der Waals surface area contributed by atoms with Crippen LogP contribution in [0, 0.1) is 0 Å². The van der Waals surface area contributed by atoms with E-state index in [0.29, 0.717) is 6.04 Å². The average molecular weight is 515 g/mol. The highest BCUT2D eigenvalue weighted by Gasteiger charge is 2.20. The molecule has 1 saturated heterocycles. The monoisotopic (exact) mass is 515 g/mol. The maximum Gasteiger partial charge on any atom is 0.191 e. The molecule has 30 heavy (non-hydrogen) atoms. The van der Waals surface area contributed by atoms with Gasteiger partial charge in [0.2, 0.25) is 0 Å². The van der Waals surface area contributed by atoms with Crippen molar-refractivity contribution < 1.29 is 0 Å². The van der Waals surface area contributed by atoms with Gasteiger partial charge in [-0.2, -0.15) is 0 Å². The predicted octanol–water partition coefficient (Wildman–Crippen LogP) is 4.18. The highest BCUT2D eigenvalue weighted by molar-refractivity contribution is 14.0. The summed E-state index contributed by atoms with van der Waals surface area (Å²) >= 11 is 0. The number of fused-ring (bicyclic) bond motifs is 1. The molecule has 0 atom stereocenters. The summed E-state index contributed by atoms with van der Waals surface area (Å²) in [7, 11) is 1.84. The van der Waals surface area contributed by atoms with Gasteiger partial charge in [-0.3, -0.25) is 14.9 Å². The van der Waals surface area contributed by atoms with Crippen LogP contribution in [0.5, 0.6) is 0 Å². The van der Waals surface area contributed by atoms with E-state index in [1.54, 1.807) is 0 Å². The van der Waals surface area contributed by atoms with E-state index in [1.165, 1.54) is 16.5 Å². The molecule has 1 aliphatic rings. The summed E-state index contributed by atoms with van der Waals surface area (Å²) in [6.45, 7) is 3.99. The van der Waals surface area contributed by atoms with E-state index < -0.39 is 0 Å². The Morgan fingerprint density at radius 2 is 1.77 bits per heavy atom. The average Bonchev–Trinajstić information content (AvgIpc) is 2.78. The van der Waals surface area contributed by atoms with Crippen molar-refractivity contribution in [2.75, 3.05) is 20.1 Å². The fraction of sp³-hybridized carbons (Fsp3) is 0.333. The number of pyridine rings is 1. The van der Waals surface area contributed by atoms with E-state index in [9.17, 15) is 0 Å². The van der Waals surface area contributed by atoms with Crippen molar-refractivity contribution >= 4 is 40.8 Å². The van der Waals surface area contributed by atoms with Crippen LogP contribution < -0.4 is 10.6 Å². The van der Waals surface area contributed by atoms with Crippen LogP contribution in [0.15, 0.2) is 71.9 Å². The summed E-state index contributed by atoms with van der Waals surface area (Å²) in [4.78, 5) is 11.4. The molecular formula is C24H30IN5. The Kier molecular flexibility index (Phi) is 8.45. The van der Waals surface area contributed by atoms with E-state index in [1.807, 2.05) is 19.3 Å². The predicted molar refractivity (Wildman–Crippen MR) is 135 cm³/mol. The first kappa shape index (κ1) is 22.5. The fourth-order valence-electron chi connectivity index (χ4n) is 3.95. The second-order valence-electron chi connectivity index (χ2n) is 7.59. The topological polar surface area (TPSA) is 52.6 Å². The lowest BCUT2D eigenvalue weighted by Gasteiger charge is -2.33. The van der Waals surface area contributed by atoms with Crippen LogP contribution in [-0.2, 0) is 13.1 Å². The maximum atomic E-state index is 4.44. The molecule has 0 aliphatic carbocycles. The molecule has 3 aromatic rings. The molecule has 0 radical (unpaired) electrons. The number of aliphatic imine (C=N–C) groups is 1. The molecule has 0 unspecified atom stereocenters. The zero-order chi connectivity index (χ0) is 19.9. The molecule has 0 amide bonds.